The van der Waals surface area contributed by atoms with Crippen molar-refractivity contribution in [3.05, 3.63) is 36.8 Å². The molecular formula is C14H19N7. The molecule has 0 aliphatic heterocycles. The van der Waals surface area contributed by atoms with Crippen molar-refractivity contribution in [2.45, 2.75) is 26.9 Å². The van der Waals surface area contributed by atoms with Crippen LogP contribution < -0.4 is 0 Å². The number of aromatic nitrogens is 7. The Kier molecular flexibility index (Phi) is 3.55. The molecular weight excluding hydrogens is 266 g/mol. The molecule has 7 nitrogen and oxygen atoms in total. The van der Waals surface area contributed by atoms with E-state index in [1.807, 2.05) is 41.2 Å². The Bertz CT molecular complexity index is 719. The molecule has 3 aromatic rings. The molecule has 3 rings (SSSR count). The van der Waals surface area contributed by atoms with Crippen LogP contribution in [0.5, 0.6) is 0 Å². The van der Waals surface area contributed by atoms with Crippen LogP contribution in [0, 0.1) is 5.92 Å². The third-order valence-corrected chi connectivity index (χ3v) is 3.27. The fourth-order valence-corrected chi connectivity index (χ4v) is 2.29. The van der Waals surface area contributed by atoms with Crippen LogP contribution >= 0.6 is 0 Å². The van der Waals surface area contributed by atoms with Gasteiger partial charge in [0.25, 0.3) is 0 Å². The van der Waals surface area contributed by atoms with E-state index < -0.39 is 0 Å². The van der Waals surface area contributed by atoms with Crippen LogP contribution in [-0.4, -0.2) is 34.1 Å². The lowest BCUT2D eigenvalue weighted by Gasteiger charge is -2.10. The summed E-state index contributed by atoms with van der Waals surface area (Å²) in [4.78, 5) is 8.51. The summed E-state index contributed by atoms with van der Waals surface area (Å²) in [6, 6.07) is 0. The van der Waals surface area contributed by atoms with Gasteiger partial charge in [0.15, 0.2) is 5.82 Å². The van der Waals surface area contributed by atoms with E-state index in [0.717, 1.165) is 23.8 Å². The van der Waals surface area contributed by atoms with Crippen molar-refractivity contribution in [1.82, 2.24) is 34.1 Å². The zero-order chi connectivity index (χ0) is 14.8. The number of hydrogen-bond acceptors (Lipinski definition) is 4. The molecule has 0 bridgehead atoms. The molecule has 0 spiro atoms. The van der Waals surface area contributed by atoms with Crippen molar-refractivity contribution in [3.63, 3.8) is 0 Å². The minimum absolute atomic E-state index is 0.580. The summed E-state index contributed by atoms with van der Waals surface area (Å²) in [5.41, 5.74) is 1.90. The fraction of sp³-hybridized carbons (Fsp3) is 0.429. The standard InChI is InChI=1S/C14H19N7/c1-11(2)7-20-10-15-6-12(20)8-21-9-13(17-18-21)14-16-4-5-19(14)3/h4-6,9-11H,7-8H2,1-3H3. The SMILES string of the molecule is CC(C)Cn1cncc1Cn1cc(-c2nccn2C)nn1. The molecule has 3 heterocycles. The molecule has 0 saturated heterocycles. The summed E-state index contributed by atoms with van der Waals surface area (Å²) in [7, 11) is 1.94. The molecule has 0 unspecified atom stereocenters. The summed E-state index contributed by atoms with van der Waals surface area (Å²) in [5.74, 6) is 1.40. The first kappa shape index (κ1) is 13.5. The Hall–Kier alpha value is -2.44. The minimum atomic E-state index is 0.580. The maximum atomic E-state index is 4.28. The van der Waals surface area contributed by atoms with E-state index in [9.17, 15) is 0 Å². The summed E-state index contributed by atoms with van der Waals surface area (Å²) in [6.07, 6.45) is 9.31. The van der Waals surface area contributed by atoms with Gasteiger partial charge < -0.3 is 9.13 Å². The second kappa shape index (κ2) is 5.51. The van der Waals surface area contributed by atoms with Crippen LogP contribution in [0.15, 0.2) is 31.1 Å². The van der Waals surface area contributed by atoms with Gasteiger partial charge in [0.1, 0.15) is 5.69 Å². The molecule has 0 radical (unpaired) electrons. The molecule has 0 aliphatic rings. The largest absolute Gasteiger partial charge is 0.333 e. The minimum Gasteiger partial charge on any atom is -0.333 e. The maximum Gasteiger partial charge on any atom is 0.161 e. The van der Waals surface area contributed by atoms with Crippen LogP contribution in [0.3, 0.4) is 0 Å². The highest BCUT2D eigenvalue weighted by atomic mass is 15.4. The highest BCUT2D eigenvalue weighted by Gasteiger charge is 2.10. The smallest absolute Gasteiger partial charge is 0.161 e. The predicted molar refractivity (Wildman–Crippen MR) is 78.4 cm³/mol. The van der Waals surface area contributed by atoms with Crippen molar-refractivity contribution >= 4 is 0 Å². The average Bonchev–Trinajstić information content (AvgIpc) is 3.12. The van der Waals surface area contributed by atoms with Crippen molar-refractivity contribution in [2.75, 3.05) is 0 Å². The third kappa shape index (κ3) is 2.86. The van der Waals surface area contributed by atoms with Crippen molar-refractivity contribution in [3.8, 4) is 11.5 Å². The lowest BCUT2D eigenvalue weighted by molar-refractivity contribution is 0.497. The topological polar surface area (TPSA) is 66.3 Å². The van der Waals surface area contributed by atoms with E-state index in [0.29, 0.717) is 12.5 Å². The average molecular weight is 285 g/mol. The number of imidazole rings is 2. The highest BCUT2D eigenvalue weighted by Crippen LogP contribution is 2.13. The first-order valence-corrected chi connectivity index (χ1v) is 7.00. The van der Waals surface area contributed by atoms with Crippen molar-refractivity contribution in [2.24, 2.45) is 13.0 Å². The molecule has 21 heavy (non-hydrogen) atoms. The van der Waals surface area contributed by atoms with E-state index >= 15 is 0 Å². The van der Waals surface area contributed by atoms with Gasteiger partial charge in [-0.15, -0.1) is 5.10 Å². The Morgan fingerprint density at radius 2 is 2.14 bits per heavy atom. The molecule has 0 saturated carbocycles. The zero-order valence-electron chi connectivity index (χ0n) is 12.5. The van der Waals surface area contributed by atoms with Gasteiger partial charge in [-0.05, 0) is 5.92 Å². The second-order valence-electron chi connectivity index (χ2n) is 5.59. The van der Waals surface area contributed by atoms with Crippen LogP contribution in [0.25, 0.3) is 11.5 Å². The zero-order valence-corrected chi connectivity index (χ0v) is 12.5. The van der Waals surface area contributed by atoms with Gasteiger partial charge in [0.2, 0.25) is 0 Å². The van der Waals surface area contributed by atoms with Gasteiger partial charge in [-0.25, -0.2) is 14.6 Å². The summed E-state index contributed by atoms with van der Waals surface area (Å²) < 4.78 is 5.90. The van der Waals surface area contributed by atoms with Crippen LogP contribution in [0.4, 0.5) is 0 Å². The van der Waals surface area contributed by atoms with Crippen LogP contribution in [0.1, 0.15) is 19.5 Å². The predicted octanol–water partition coefficient (Wildman–Crippen LogP) is 1.58. The lowest BCUT2D eigenvalue weighted by atomic mass is 10.2. The highest BCUT2D eigenvalue weighted by molar-refractivity contribution is 5.47. The molecule has 0 amide bonds. The Labute approximate surface area is 123 Å². The maximum absolute atomic E-state index is 4.28. The van der Waals surface area contributed by atoms with Crippen molar-refractivity contribution in [1.29, 1.82) is 0 Å². The van der Waals surface area contributed by atoms with E-state index in [1.54, 1.807) is 6.20 Å². The van der Waals surface area contributed by atoms with Crippen molar-refractivity contribution < 1.29 is 0 Å². The van der Waals surface area contributed by atoms with E-state index in [-0.39, 0.29) is 0 Å². The molecule has 0 N–H and O–H groups in total. The molecule has 0 aromatic carbocycles. The van der Waals surface area contributed by atoms with Gasteiger partial charge in [-0.1, -0.05) is 19.1 Å². The number of aryl methyl sites for hydroxylation is 1. The van der Waals surface area contributed by atoms with Gasteiger partial charge in [0.05, 0.1) is 31.0 Å². The van der Waals surface area contributed by atoms with E-state index in [4.69, 9.17) is 0 Å². The Balaban J connectivity index is 1.79. The van der Waals surface area contributed by atoms with Crippen LogP contribution in [-0.2, 0) is 20.1 Å². The molecule has 3 aromatic heterocycles. The summed E-state index contributed by atoms with van der Waals surface area (Å²) in [6.45, 7) is 6.00. The first-order chi connectivity index (χ1) is 10.1. The van der Waals surface area contributed by atoms with E-state index in [1.165, 1.54) is 0 Å². The summed E-state index contributed by atoms with van der Waals surface area (Å²) in [5, 5.41) is 8.37. The molecule has 7 heteroatoms. The van der Waals surface area contributed by atoms with Gasteiger partial charge in [0, 0.05) is 26.0 Å². The molecule has 0 aliphatic carbocycles. The fourth-order valence-electron chi connectivity index (χ4n) is 2.29. The normalized spacial score (nSPS) is 11.4. The third-order valence-electron chi connectivity index (χ3n) is 3.27. The number of nitrogens with zero attached hydrogens (tertiary/aromatic N) is 7. The monoisotopic (exact) mass is 285 g/mol. The quantitative estimate of drug-likeness (QED) is 0.714. The molecule has 0 fully saturated rings. The van der Waals surface area contributed by atoms with Crippen LogP contribution in [0.2, 0.25) is 0 Å². The number of rotatable bonds is 5. The van der Waals surface area contributed by atoms with E-state index in [2.05, 4.69) is 38.7 Å². The Morgan fingerprint density at radius 3 is 2.86 bits per heavy atom. The summed E-state index contributed by atoms with van der Waals surface area (Å²) >= 11 is 0. The molecule has 110 valence electrons. The number of hydrogen-bond donors (Lipinski definition) is 0. The van der Waals surface area contributed by atoms with Gasteiger partial charge in [-0.2, -0.15) is 0 Å². The van der Waals surface area contributed by atoms with Gasteiger partial charge >= 0.3 is 0 Å². The molecule has 0 atom stereocenters. The van der Waals surface area contributed by atoms with Gasteiger partial charge in [-0.3, -0.25) is 0 Å². The second-order valence-corrected chi connectivity index (χ2v) is 5.59. The lowest BCUT2D eigenvalue weighted by Crippen LogP contribution is -2.10. The Morgan fingerprint density at radius 1 is 1.29 bits per heavy atom. The first-order valence-electron chi connectivity index (χ1n) is 7.00.